The topological polar surface area (TPSA) is 134 Å². The van der Waals surface area contributed by atoms with Crippen LogP contribution < -0.4 is 5.73 Å². The van der Waals surface area contributed by atoms with E-state index in [4.69, 9.17) is 24.3 Å². The predicted octanol–water partition coefficient (Wildman–Crippen LogP) is 13.3. The molecule has 9 nitrogen and oxygen atoms in total. The van der Waals surface area contributed by atoms with E-state index in [1.54, 1.807) is 0 Å². The minimum absolute atomic E-state index is 0.0513. The van der Waals surface area contributed by atoms with Crippen LogP contribution in [0.2, 0.25) is 0 Å². The van der Waals surface area contributed by atoms with Crippen molar-refractivity contribution in [3.05, 3.63) is 36.5 Å². The van der Waals surface area contributed by atoms with Crippen LogP contribution in [0.1, 0.15) is 213 Å². The lowest BCUT2D eigenvalue weighted by atomic mass is 10.1. The van der Waals surface area contributed by atoms with E-state index < -0.39 is 26.5 Å². The Balaban J connectivity index is 4.13. The highest BCUT2D eigenvalue weighted by Crippen LogP contribution is 2.43. The molecule has 0 saturated carbocycles. The van der Waals surface area contributed by atoms with Crippen LogP contribution in [0.3, 0.4) is 0 Å². The quantitative estimate of drug-likeness (QED) is 0.0267. The predicted molar refractivity (Wildman–Crippen MR) is 234 cm³/mol. The molecule has 2 atom stereocenters. The standard InChI is InChI=1S/C46H86NO8P/c1-3-5-7-9-11-13-15-17-19-21-23-24-26-28-30-32-34-36-38-45(48)52-42-44(43-54-56(50,51)53-41-40-47)55-46(49)39-37-35-33-31-29-27-25-22-20-18-16-14-12-10-8-6-4-2/h12,14,18-21,44H,3-11,13,15-17,22-43,47H2,1-2H3,(H,50,51)/b14-12-,20-18-,21-19-. The van der Waals surface area contributed by atoms with E-state index in [9.17, 15) is 19.0 Å². The maximum Gasteiger partial charge on any atom is 0.472 e. The van der Waals surface area contributed by atoms with Gasteiger partial charge in [0.15, 0.2) is 6.10 Å². The smallest absolute Gasteiger partial charge is 0.462 e. The summed E-state index contributed by atoms with van der Waals surface area (Å²) in [4.78, 5) is 34.9. The summed E-state index contributed by atoms with van der Waals surface area (Å²) >= 11 is 0. The monoisotopic (exact) mass is 812 g/mol. The van der Waals surface area contributed by atoms with Gasteiger partial charge in [-0.15, -0.1) is 0 Å². The number of esters is 2. The highest BCUT2D eigenvalue weighted by molar-refractivity contribution is 7.47. The molecular weight excluding hydrogens is 725 g/mol. The molecule has 0 spiro atoms. The molecule has 0 amide bonds. The van der Waals surface area contributed by atoms with E-state index in [0.29, 0.717) is 6.42 Å². The van der Waals surface area contributed by atoms with Crippen LogP contribution in [0, 0.1) is 0 Å². The third kappa shape index (κ3) is 41.9. The van der Waals surface area contributed by atoms with Gasteiger partial charge in [0.05, 0.1) is 13.2 Å². The van der Waals surface area contributed by atoms with Crippen molar-refractivity contribution in [3.63, 3.8) is 0 Å². The molecule has 0 aliphatic carbocycles. The van der Waals surface area contributed by atoms with Crippen LogP contribution in [0.4, 0.5) is 0 Å². The molecule has 3 N–H and O–H groups in total. The van der Waals surface area contributed by atoms with E-state index >= 15 is 0 Å². The van der Waals surface area contributed by atoms with Crippen molar-refractivity contribution < 1.29 is 37.6 Å². The molecule has 0 saturated heterocycles. The number of unbranched alkanes of at least 4 members (excludes halogenated alkanes) is 24. The molecule has 0 fully saturated rings. The summed E-state index contributed by atoms with van der Waals surface area (Å²) in [6.45, 7) is 3.71. The van der Waals surface area contributed by atoms with Crippen molar-refractivity contribution in [2.24, 2.45) is 5.73 Å². The molecule has 0 aromatic heterocycles. The Hall–Kier alpha value is -1.77. The average Bonchev–Trinajstić information content (AvgIpc) is 3.18. The van der Waals surface area contributed by atoms with Gasteiger partial charge in [0, 0.05) is 19.4 Å². The first-order valence-electron chi connectivity index (χ1n) is 23.0. The largest absolute Gasteiger partial charge is 0.472 e. The fourth-order valence-corrected chi connectivity index (χ4v) is 7.07. The number of allylic oxidation sites excluding steroid dienone is 6. The zero-order chi connectivity index (χ0) is 41.1. The molecule has 0 aliphatic heterocycles. The van der Waals surface area contributed by atoms with Crippen molar-refractivity contribution >= 4 is 19.8 Å². The highest BCUT2D eigenvalue weighted by atomic mass is 31.2. The van der Waals surface area contributed by atoms with Crippen molar-refractivity contribution in [1.29, 1.82) is 0 Å². The Morgan fingerprint density at radius 1 is 0.536 bits per heavy atom. The molecule has 328 valence electrons. The zero-order valence-electron chi connectivity index (χ0n) is 36.1. The Morgan fingerprint density at radius 3 is 1.41 bits per heavy atom. The second kappa shape index (κ2) is 42.8. The lowest BCUT2D eigenvalue weighted by molar-refractivity contribution is -0.161. The van der Waals surface area contributed by atoms with E-state index in [2.05, 4.69) is 50.3 Å². The van der Waals surface area contributed by atoms with Crippen molar-refractivity contribution in [2.75, 3.05) is 26.4 Å². The molecule has 0 aliphatic rings. The normalized spacial score (nSPS) is 13.6. The molecule has 56 heavy (non-hydrogen) atoms. The first kappa shape index (κ1) is 54.2. The van der Waals surface area contributed by atoms with Crippen molar-refractivity contribution in [3.8, 4) is 0 Å². The number of hydrogen-bond donors (Lipinski definition) is 2. The number of ether oxygens (including phenoxy) is 2. The molecule has 0 aromatic rings. The summed E-state index contributed by atoms with van der Waals surface area (Å²) in [6, 6.07) is 0. The van der Waals surface area contributed by atoms with Gasteiger partial charge in [0.1, 0.15) is 6.61 Å². The second-order valence-electron chi connectivity index (χ2n) is 15.3. The molecule has 2 unspecified atom stereocenters. The summed E-state index contributed by atoms with van der Waals surface area (Å²) in [6.07, 6.45) is 47.4. The van der Waals surface area contributed by atoms with Crippen molar-refractivity contribution in [2.45, 2.75) is 219 Å². The molecule has 0 heterocycles. The number of rotatable bonds is 43. The third-order valence-corrected chi connectivity index (χ3v) is 10.7. The summed E-state index contributed by atoms with van der Waals surface area (Å²) < 4.78 is 32.8. The molecule has 0 aromatic carbocycles. The average molecular weight is 812 g/mol. The molecule has 0 rings (SSSR count). The first-order chi connectivity index (χ1) is 27.3. The van der Waals surface area contributed by atoms with Gasteiger partial charge >= 0.3 is 19.8 Å². The molecule has 0 bridgehead atoms. The zero-order valence-corrected chi connectivity index (χ0v) is 37.0. The van der Waals surface area contributed by atoms with E-state index in [0.717, 1.165) is 64.2 Å². The van der Waals surface area contributed by atoms with Gasteiger partial charge in [-0.3, -0.25) is 18.6 Å². The fourth-order valence-electron chi connectivity index (χ4n) is 6.31. The van der Waals surface area contributed by atoms with Gasteiger partial charge in [-0.25, -0.2) is 4.57 Å². The minimum Gasteiger partial charge on any atom is -0.462 e. The Labute approximate surface area is 344 Å². The van der Waals surface area contributed by atoms with Gasteiger partial charge in [0.25, 0.3) is 0 Å². The third-order valence-electron chi connectivity index (χ3n) is 9.75. The van der Waals surface area contributed by atoms with E-state index in [1.165, 1.54) is 116 Å². The molecule has 0 radical (unpaired) electrons. The Bertz CT molecular complexity index is 1020. The number of hydrogen-bond acceptors (Lipinski definition) is 8. The minimum atomic E-state index is -4.38. The molecular formula is C46H86NO8P. The summed E-state index contributed by atoms with van der Waals surface area (Å²) in [7, 11) is -4.38. The van der Waals surface area contributed by atoms with E-state index in [1.807, 2.05) is 0 Å². The van der Waals surface area contributed by atoms with Gasteiger partial charge in [-0.2, -0.15) is 0 Å². The van der Waals surface area contributed by atoms with Gasteiger partial charge in [-0.1, -0.05) is 166 Å². The maximum atomic E-state index is 12.6. The lowest BCUT2D eigenvalue weighted by Gasteiger charge is -2.19. The van der Waals surface area contributed by atoms with Crippen LogP contribution in [0.25, 0.3) is 0 Å². The van der Waals surface area contributed by atoms with Gasteiger partial charge < -0.3 is 20.1 Å². The number of nitrogens with two attached hydrogens (primary N) is 1. The summed E-state index contributed by atoms with van der Waals surface area (Å²) in [5, 5.41) is 0. The number of carbonyl (C=O) groups excluding carboxylic acids is 2. The first-order valence-corrected chi connectivity index (χ1v) is 24.5. The molecule has 10 heteroatoms. The summed E-state index contributed by atoms with van der Waals surface area (Å²) in [5.41, 5.74) is 5.35. The Morgan fingerprint density at radius 2 is 0.929 bits per heavy atom. The van der Waals surface area contributed by atoms with Crippen LogP contribution in [0.5, 0.6) is 0 Å². The maximum absolute atomic E-state index is 12.6. The van der Waals surface area contributed by atoms with Gasteiger partial charge in [-0.05, 0) is 70.6 Å². The van der Waals surface area contributed by atoms with E-state index in [-0.39, 0.29) is 38.6 Å². The number of carbonyl (C=O) groups is 2. The van der Waals surface area contributed by atoms with Gasteiger partial charge in [0.2, 0.25) is 0 Å². The van der Waals surface area contributed by atoms with Crippen LogP contribution >= 0.6 is 7.82 Å². The summed E-state index contributed by atoms with van der Waals surface area (Å²) in [5.74, 6) is -0.838. The number of phosphoric ester groups is 1. The Kier molecular flexibility index (Phi) is 41.5. The number of phosphoric acid groups is 1. The SMILES string of the molecule is CCCCC/C=C\C/C=C\CCCCCCCCCC(=O)OC(COC(=O)CCCCCCCCC/C=C\CCCCCCCCC)COP(=O)(O)OCCN. The van der Waals surface area contributed by atoms with Crippen LogP contribution in [-0.2, 0) is 32.7 Å². The fraction of sp³-hybridized carbons (Fsp3) is 0.826. The lowest BCUT2D eigenvalue weighted by Crippen LogP contribution is -2.29. The van der Waals surface area contributed by atoms with Crippen molar-refractivity contribution in [1.82, 2.24) is 0 Å². The van der Waals surface area contributed by atoms with Crippen LogP contribution in [0.15, 0.2) is 36.5 Å². The highest BCUT2D eigenvalue weighted by Gasteiger charge is 2.26. The van der Waals surface area contributed by atoms with Crippen LogP contribution in [-0.4, -0.2) is 49.3 Å². The second-order valence-corrected chi connectivity index (χ2v) is 16.7.